The van der Waals surface area contributed by atoms with Crippen molar-refractivity contribution in [1.82, 2.24) is 0 Å². The van der Waals surface area contributed by atoms with Crippen LogP contribution in [0.15, 0.2) is 60.8 Å². The molecule has 0 heterocycles. The molecule has 370 valence electrons. The van der Waals surface area contributed by atoms with Crippen molar-refractivity contribution in [3.63, 3.8) is 0 Å². The topological polar surface area (TPSA) is 99.1 Å². The van der Waals surface area contributed by atoms with Crippen LogP contribution in [-0.2, 0) is 28.6 Å². The predicted octanol–water partition coefficient (Wildman–Crippen LogP) is 15.3. The van der Waals surface area contributed by atoms with Crippen molar-refractivity contribution in [1.29, 1.82) is 0 Å². The highest BCUT2D eigenvalue weighted by Gasteiger charge is 2.31. The molecule has 0 aromatic rings. The van der Waals surface area contributed by atoms with E-state index in [4.69, 9.17) is 14.2 Å². The van der Waals surface area contributed by atoms with E-state index in [2.05, 4.69) is 74.6 Å². The van der Waals surface area contributed by atoms with Gasteiger partial charge in [-0.15, -0.1) is 0 Å². The molecule has 0 aromatic carbocycles. The van der Waals surface area contributed by atoms with Crippen molar-refractivity contribution >= 4 is 17.9 Å². The van der Waals surface area contributed by atoms with Crippen molar-refractivity contribution in [2.75, 3.05) is 41.0 Å². The fourth-order valence-corrected chi connectivity index (χ4v) is 7.61. The van der Waals surface area contributed by atoms with Crippen LogP contribution in [0.1, 0.15) is 226 Å². The lowest BCUT2D eigenvalue weighted by molar-refractivity contribution is -0.887. The molecule has 2 unspecified atom stereocenters. The summed E-state index contributed by atoms with van der Waals surface area (Å²) in [6.45, 7) is 4.63. The maximum Gasteiger partial charge on any atom is 0.362 e. The number of aliphatic carboxylic acids is 1. The summed E-state index contributed by atoms with van der Waals surface area (Å²) < 4.78 is 17.4. The van der Waals surface area contributed by atoms with Gasteiger partial charge in [-0.1, -0.05) is 190 Å². The molecule has 0 rings (SSSR count). The summed E-state index contributed by atoms with van der Waals surface area (Å²) in [4.78, 5) is 37.2. The smallest absolute Gasteiger partial charge is 0.362 e. The number of ether oxygens (including phenoxy) is 3. The minimum Gasteiger partial charge on any atom is -0.477 e. The molecule has 0 aliphatic heterocycles. The summed E-state index contributed by atoms with van der Waals surface area (Å²) in [6.07, 6.45) is 58.4. The summed E-state index contributed by atoms with van der Waals surface area (Å²) in [5, 5.41) is 9.66. The molecule has 0 saturated heterocycles. The van der Waals surface area contributed by atoms with Gasteiger partial charge >= 0.3 is 17.9 Å². The molecule has 0 amide bonds. The van der Waals surface area contributed by atoms with Gasteiger partial charge in [-0.2, -0.15) is 0 Å². The van der Waals surface area contributed by atoms with Crippen LogP contribution < -0.4 is 0 Å². The molecule has 0 radical (unpaired) electrons. The highest BCUT2D eigenvalue weighted by molar-refractivity contribution is 5.72. The fraction of sp³-hybridized carbons (Fsp3) is 0.768. The van der Waals surface area contributed by atoms with Gasteiger partial charge in [-0.25, -0.2) is 4.79 Å². The van der Waals surface area contributed by atoms with E-state index in [9.17, 15) is 19.5 Å². The molecule has 0 aliphatic carbocycles. The van der Waals surface area contributed by atoms with Crippen LogP contribution in [0.25, 0.3) is 0 Å². The Labute approximate surface area is 394 Å². The zero-order valence-electron chi connectivity index (χ0n) is 42.2. The number of carbonyl (C=O) groups is 3. The zero-order valence-corrected chi connectivity index (χ0v) is 42.2. The molecule has 2 atom stereocenters. The van der Waals surface area contributed by atoms with Gasteiger partial charge in [0.2, 0.25) is 0 Å². The molecule has 0 spiro atoms. The second-order valence-corrected chi connectivity index (χ2v) is 18.7. The Morgan fingerprint density at radius 1 is 0.484 bits per heavy atom. The van der Waals surface area contributed by atoms with Crippen LogP contribution in [0.5, 0.6) is 0 Å². The van der Waals surface area contributed by atoms with Crippen molar-refractivity contribution in [3.8, 4) is 0 Å². The van der Waals surface area contributed by atoms with E-state index >= 15 is 0 Å². The lowest BCUT2D eigenvalue weighted by atomic mass is 10.0. The fourth-order valence-electron chi connectivity index (χ4n) is 7.61. The monoisotopic (exact) mass is 899 g/mol. The summed E-state index contributed by atoms with van der Waals surface area (Å²) >= 11 is 0. The van der Waals surface area contributed by atoms with Gasteiger partial charge in [-0.3, -0.25) is 9.59 Å². The number of nitrogens with zero attached hydrogens (tertiary/aromatic N) is 1. The van der Waals surface area contributed by atoms with Gasteiger partial charge in [0.1, 0.15) is 6.61 Å². The third-order valence-electron chi connectivity index (χ3n) is 11.7. The first-order chi connectivity index (χ1) is 31.1. The average Bonchev–Trinajstić information content (AvgIpc) is 3.26. The molecular formula is C56H100NO7+. The van der Waals surface area contributed by atoms with Crippen LogP contribution in [0, 0.1) is 0 Å². The largest absolute Gasteiger partial charge is 0.477 e. The third-order valence-corrected chi connectivity index (χ3v) is 11.7. The molecule has 0 aliphatic rings. The lowest BCUT2D eigenvalue weighted by Crippen LogP contribution is -2.50. The van der Waals surface area contributed by atoms with Gasteiger partial charge in [0, 0.05) is 19.3 Å². The molecule has 0 aromatic heterocycles. The molecule has 1 N–H and O–H groups in total. The minimum absolute atomic E-state index is 0.0555. The zero-order chi connectivity index (χ0) is 47.0. The van der Waals surface area contributed by atoms with Crippen molar-refractivity contribution < 1.29 is 38.2 Å². The second-order valence-electron chi connectivity index (χ2n) is 18.7. The van der Waals surface area contributed by atoms with Crippen LogP contribution in [0.2, 0.25) is 0 Å². The van der Waals surface area contributed by atoms with Crippen molar-refractivity contribution in [3.05, 3.63) is 60.8 Å². The van der Waals surface area contributed by atoms with E-state index in [-0.39, 0.29) is 36.2 Å². The normalized spacial score (nSPS) is 13.3. The van der Waals surface area contributed by atoms with Crippen molar-refractivity contribution in [2.24, 2.45) is 0 Å². The maximum atomic E-state index is 12.8. The Bertz CT molecular complexity index is 1230. The molecule has 0 bridgehead atoms. The number of hydrogen-bond acceptors (Lipinski definition) is 6. The first kappa shape index (κ1) is 61.0. The standard InChI is InChI=1S/C56H99NO7/c1-6-8-10-12-14-16-18-20-22-24-25-26-27-28-29-31-33-35-37-39-41-43-45-47-55(59)64-52(50-62-49-48-53(56(60)61)57(3,4)5)51-63-54(58)46-44-42-40-38-36-34-32-30-23-21-19-17-15-13-11-9-7-2/h8,10,14,16,20-23,25-26,52-53H,6-7,9,11-13,15,17-19,24,27-51H2,1-5H3/p+1/b10-8-,16-14-,22-20-,23-21-,26-25-. The number of unbranched alkanes of at least 4 members (excludes halogenated alkanes) is 23. The number of allylic oxidation sites excluding steroid dienone is 10. The van der Waals surface area contributed by atoms with E-state index in [0.717, 1.165) is 64.2 Å². The Balaban J connectivity index is 4.23. The Morgan fingerprint density at radius 2 is 0.875 bits per heavy atom. The number of quaternary nitrogens is 1. The van der Waals surface area contributed by atoms with E-state index in [1.807, 2.05) is 21.1 Å². The Morgan fingerprint density at radius 3 is 1.31 bits per heavy atom. The Kier molecular flexibility index (Phi) is 44.4. The van der Waals surface area contributed by atoms with Crippen molar-refractivity contribution in [2.45, 2.75) is 238 Å². The number of carboxylic acid groups (broad SMARTS) is 1. The van der Waals surface area contributed by atoms with Gasteiger partial charge in [0.05, 0.1) is 34.4 Å². The number of esters is 2. The maximum absolute atomic E-state index is 12.8. The van der Waals surface area contributed by atoms with E-state index in [0.29, 0.717) is 19.3 Å². The first-order valence-corrected chi connectivity index (χ1v) is 26.3. The minimum atomic E-state index is -0.876. The number of likely N-dealkylation sites (N-methyl/N-ethyl adjacent to an activating group) is 1. The summed E-state index contributed by atoms with van der Waals surface area (Å²) in [7, 11) is 5.53. The number of carbonyl (C=O) groups excluding carboxylic acids is 2. The van der Waals surface area contributed by atoms with Gasteiger partial charge in [0.15, 0.2) is 12.1 Å². The second kappa shape index (κ2) is 46.6. The molecule has 64 heavy (non-hydrogen) atoms. The Hall–Kier alpha value is -2.97. The van der Waals surface area contributed by atoms with Gasteiger partial charge < -0.3 is 23.8 Å². The van der Waals surface area contributed by atoms with Gasteiger partial charge in [-0.05, 0) is 77.0 Å². The van der Waals surface area contributed by atoms with Gasteiger partial charge in [0.25, 0.3) is 0 Å². The quantitative estimate of drug-likeness (QED) is 0.0281. The van der Waals surface area contributed by atoms with E-state index in [1.54, 1.807) is 0 Å². The van der Waals surface area contributed by atoms with Crippen LogP contribution in [0.4, 0.5) is 0 Å². The number of rotatable bonds is 47. The molecule has 8 heteroatoms. The molecule has 0 saturated carbocycles. The van der Waals surface area contributed by atoms with E-state index < -0.39 is 18.1 Å². The van der Waals surface area contributed by atoms with E-state index in [1.165, 1.54) is 128 Å². The summed E-state index contributed by atoms with van der Waals surface area (Å²) in [5.41, 5.74) is 0. The average molecular weight is 899 g/mol. The highest BCUT2D eigenvalue weighted by Crippen LogP contribution is 2.15. The third kappa shape index (κ3) is 44.2. The molecule has 0 fully saturated rings. The molecule has 8 nitrogen and oxygen atoms in total. The molecular weight excluding hydrogens is 799 g/mol. The highest BCUT2D eigenvalue weighted by atomic mass is 16.6. The number of carboxylic acids is 1. The summed E-state index contributed by atoms with van der Waals surface area (Å²) in [6, 6.07) is -0.618. The van der Waals surface area contributed by atoms with Crippen LogP contribution >= 0.6 is 0 Å². The first-order valence-electron chi connectivity index (χ1n) is 26.3. The van der Waals surface area contributed by atoms with Crippen LogP contribution in [-0.4, -0.2) is 80.6 Å². The lowest BCUT2D eigenvalue weighted by Gasteiger charge is -2.31. The number of hydrogen-bond donors (Lipinski definition) is 1. The van der Waals surface area contributed by atoms with Crippen LogP contribution in [0.3, 0.4) is 0 Å². The summed E-state index contributed by atoms with van der Waals surface area (Å²) in [5.74, 6) is -1.47. The SMILES string of the molecule is CC/C=C\C/C=C\C/C=C\C/C=C\CCCCCCCCCCCCC(=O)OC(COCCC(C(=O)O)[N+](C)(C)C)COC(=O)CCCCCCCCC/C=C\CCCCCCCC. The predicted molar refractivity (Wildman–Crippen MR) is 271 cm³/mol.